The molecule has 2 atom stereocenters. The maximum absolute atomic E-state index is 13.7. The smallest absolute Gasteiger partial charge is 0.183 e. The SMILES string of the molecule is CC1CCCCC1Nc1ccc(C#N)c(F)c1F. The van der Waals surface area contributed by atoms with E-state index in [2.05, 4.69) is 12.2 Å². The number of anilines is 1. The molecule has 1 saturated carbocycles. The van der Waals surface area contributed by atoms with Crippen molar-refractivity contribution in [1.82, 2.24) is 0 Å². The van der Waals surface area contributed by atoms with Gasteiger partial charge in [0.15, 0.2) is 11.6 Å². The van der Waals surface area contributed by atoms with Gasteiger partial charge in [0.05, 0.1) is 11.3 Å². The van der Waals surface area contributed by atoms with E-state index >= 15 is 0 Å². The van der Waals surface area contributed by atoms with Crippen LogP contribution >= 0.6 is 0 Å². The Morgan fingerprint density at radius 3 is 2.61 bits per heavy atom. The molecule has 1 aromatic rings. The molecule has 4 heteroatoms. The Labute approximate surface area is 106 Å². The molecule has 0 radical (unpaired) electrons. The van der Waals surface area contributed by atoms with Crippen LogP contribution in [0.3, 0.4) is 0 Å². The van der Waals surface area contributed by atoms with Gasteiger partial charge in [-0.3, -0.25) is 0 Å². The average Bonchev–Trinajstić information content (AvgIpc) is 2.38. The highest BCUT2D eigenvalue weighted by molar-refractivity contribution is 5.50. The molecule has 1 aliphatic carbocycles. The fraction of sp³-hybridized carbons (Fsp3) is 0.500. The third kappa shape index (κ3) is 2.45. The molecule has 0 aromatic heterocycles. The molecule has 0 bridgehead atoms. The average molecular weight is 250 g/mol. The van der Waals surface area contributed by atoms with Crippen molar-refractivity contribution in [2.45, 2.75) is 38.6 Å². The number of nitrogens with one attached hydrogen (secondary N) is 1. The number of benzene rings is 1. The quantitative estimate of drug-likeness (QED) is 0.866. The Balaban J connectivity index is 2.19. The van der Waals surface area contributed by atoms with Crippen molar-refractivity contribution in [2.24, 2.45) is 5.92 Å². The first-order valence-corrected chi connectivity index (χ1v) is 6.28. The van der Waals surface area contributed by atoms with E-state index in [9.17, 15) is 8.78 Å². The maximum atomic E-state index is 13.7. The molecule has 0 heterocycles. The highest BCUT2D eigenvalue weighted by Gasteiger charge is 2.23. The highest BCUT2D eigenvalue weighted by atomic mass is 19.2. The Kier molecular flexibility index (Phi) is 3.81. The van der Waals surface area contributed by atoms with Crippen LogP contribution in [0.2, 0.25) is 0 Å². The zero-order chi connectivity index (χ0) is 13.1. The molecule has 2 unspecified atom stereocenters. The first kappa shape index (κ1) is 12.8. The van der Waals surface area contributed by atoms with Crippen molar-refractivity contribution >= 4 is 5.69 Å². The van der Waals surface area contributed by atoms with Gasteiger partial charge in [-0.1, -0.05) is 19.8 Å². The van der Waals surface area contributed by atoms with Crippen molar-refractivity contribution in [3.05, 3.63) is 29.3 Å². The Morgan fingerprint density at radius 2 is 1.94 bits per heavy atom. The molecule has 1 aliphatic rings. The molecule has 1 aromatic carbocycles. The standard InChI is InChI=1S/C14H16F2N2/c1-9-4-2-3-5-11(9)18-12-7-6-10(8-17)13(15)14(12)16/h6-7,9,11,18H,2-5H2,1H3. The highest BCUT2D eigenvalue weighted by Crippen LogP contribution is 2.28. The molecular formula is C14H16F2N2. The van der Waals surface area contributed by atoms with Crippen LogP contribution in [0, 0.1) is 28.9 Å². The van der Waals surface area contributed by atoms with Crippen LogP contribution in [0.15, 0.2) is 12.1 Å². The van der Waals surface area contributed by atoms with Gasteiger partial charge in [0.2, 0.25) is 0 Å². The van der Waals surface area contributed by atoms with Crippen LogP contribution in [0.4, 0.5) is 14.5 Å². The summed E-state index contributed by atoms with van der Waals surface area (Å²) in [5.74, 6) is -1.56. The number of nitrogens with zero attached hydrogens (tertiary/aromatic N) is 1. The second kappa shape index (κ2) is 5.34. The molecule has 2 rings (SSSR count). The predicted molar refractivity (Wildman–Crippen MR) is 66.1 cm³/mol. The number of nitriles is 1. The summed E-state index contributed by atoms with van der Waals surface area (Å²) in [7, 11) is 0. The fourth-order valence-electron chi connectivity index (χ4n) is 2.48. The Morgan fingerprint density at radius 1 is 1.22 bits per heavy atom. The van der Waals surface area contributed by atoms with Gasteiger partial charge in [-0.15, -0.1) is 0 Å². The lowest BCUT2D eigenvalue weighted by Crippen LogP contribution is -2.30. The summed E-state index contributed by atoms with van der Waals surface area (Å²) in [6.45, 7) is 2.12. The monoisotopic (exact) mass is 250 g/mol. The summed E-state index contributed by atoms with van der Waals surface area (Å²) in [4.78, 5) is 0. The number of hydrogen-bond acceptors (Lipinski definition) is 2. The second-order valence-corrected chi connectivity index (χ2v) is 4.91. The minimum Gasteiger partial charge on any atom is -0.380 e. The molecular weight excluding hydrogens is 234 g/mol. The topological polar surface area (TPSA) is 35.8 Å². The lowest BCUT2D eigenvalue weighted by Gasteiger charge is -2.30. The van der Waals surface area contributed by atoms with Crippen molar-refractivity contribution < 1.29 is 8.78 Å². The minimum atomic E-state index is -1.06. The third-order valence-electron chi connectivity index (χ3n) is 3.66. The number of halogens is 2. The first-order valence-electron chi connectivity index (χ1n) is 6.28. The van der Waals surface area contributed by atoms with Crippen molar-refractivity contribution in [3.63, 3.8) is 0 Å². The van der Waals surface area contributed by atoms with E-state index in [-0.39, 0.29) is 17.3 Å². The van der Waals surface area contributed by atoms with E-state index in [1.807, 2.05) is 0 Å². The summed E-state index contributed by atoms with van der Waals surface area (Å²) in [5.41, 5.74) is -0.0972. The Bertz CT molecular complexity index is 479. The molecule has 0 amide bonds. The largest absolute Gasteiger partial charge is 0.380 e. The van der Waals surface area contributed by atoms with Crippen LogP contribution in [0.25, 0.3) is 0 Å². The fourth-order valence-corrected chi connectivity index (χ4v) is 2.48. The number of rotatable bonds is 2. The second-order valence-electron chi connectivity index (χ2n) is 4.91. The third-order valence-corrected chi connectivity index (χ3v) is 3.66. The molecule has 0 spiro atoms. The molecule has 0 aliphatic heterocycles. The van der Waals surface area contributed by atoms with Crippen molar-refractivity contribution in [1.29, 1.82) is 5.26 Å². The summed E-state index contributed by atoms with van der Waals surface area (Å²) < 4.78 is 27.2. The van der Waals surface area contributed by atoms with E-state index in [1.54, 1.807) is 6.07 Å². The van der Waals surface area contributed by atoms with Gasteiger partial charge >= 0.3 is 0 Å². The van der Waals surface area contributed by atoms with Gasteiger partial charge in [-0.25, -0.2) is 8.78 Å². The zero-order valence-corrected chi connectivity index (χ0v) is 10.3. The molecule has 1 fully saturated rings. The molecule has 18 heavy (non-hydrogen) atoms. The normalized spacial score (nSPS) is 23.4. The van der Waals surface area contributed by atoms with E-state index < -0.39 is 11.6 Å². The van der Waals surface area contributed by atoms with Gasteiger partial charge in [-0.05, 0) is 30.9 Å². The van der Waals surface area contributed by atoms with Crippen LogP contribution < -0.4 is 5.32 Å². The number of hydrogen-bond donors (Lipinski definition) is 1. The first-order chi connectivity index (χ1) is 8.63. The van der Waals surface area contributed by atoms with Gasteiger partial charge in [-0.2, -0.15) is 5.26 Å². The summed E-state index contributed by atoms with van der Waals surface area (Å²) in [6, 6.07) is 4.57. The van der Waals surface area contributed by atoms with Crippen LogP contribution in [-0.4, -0.2) is 6.04 Å². The minimum absolute atomic E-state index is 0.158. The Hall–Kier alpha value is -1.63. The summed E-state index contributed by atoms with van der Waals surface area (Å²) in [5, 5.41) is 11.7. The predicted octanol–water partition coefficient (Wildman–Crippen LogP) is 3.83. The lowest BCUT2D eigenvalue weighted by atomic mass is 9.86. The van der Waals surface area contributed by atoms with E-state index in [1.165, 1.54) is 18.6 Å². The van der Waals surface area contributed by atoms with Crippen molar-refractivity contribution in [2.75, 3.05) is 5.32 Å². The molecule has 1 N–H and O–H groups in total. The van der Waals surface area contributed by atoms with Gasteiger partial charge < -0.3 is 5.32 Å². The van der Waals surface area contributed by atoms with Gasteiger partial charge in [0.25, 0.3) is 0 Å². The maximum Gasteiger partial charge on any atom is 0.183 e. The molecule has 0 saturated heterocycles. The molecule has 2 nitrogen and oxygen atoms in total. The van der Waals surface area contributed by atoms with E-state index in [4.69, 9.17) is 5.26 Å². The van der Waals surface area contributed by atoms with E-state index in [0.29, 0.717) is 5.92 Å². The van der Waals surface area contributed by atoms with Crippen LogP contribution in [-0.2, 0) is 0 Å². The summed E-state index contributed by atoms with van der Waals surface area (Å²) in [6.07, 6.45) is 4.40. The summed E-state index contributed by atoms with van der Waals surface area (Å²) >= 11 is 0. The lowest BCUT2D eigenvalue weighted by molar-refractivity contribution is 0.348. The molecule has 96 valence electrons. The van der Waals surface area contributed by atoms with E-state index in [0.717, 1.165) is 19.3 Å². The van der Waals surface area contributed by atoms with Crippen LogP contribution in [0.1, 0.15) is 38.2 Å². The van der Waals surface area contributed by atoms with Crippen LogP contribution in [0.5, 0.6) is 0 Å². The van der Waals surface area contributed by atoms with Crippen molar-refractivity contribution in [3.8, 4) is 6.07 Å². The van der Waals surface area contributed by atoms with Gasteiger partial charge in [0.1, 0.15) is 6.07 Å². The zero-order valence-electron chi connectivity index (χ0n) is 10.3. The van der Waals surface area contributed by atoms with Gasteiger partial charge in [0, 0.05) is 6.04 Å².